The van der Waals surface area contributed by atoms with Gasteiger partial charge in [-0.15, -0.1) is 0 Å². The smallest absolute Gasteiger partial charge is 0.352 e. The van der Waals surface area contributed by atoms with Crippen LogP contribution in [0, 0.1) is 3.57 Å². The molecule has 6 heteroatoms. The Morgan fingerprint density at radius 2 is 2.41 bits per heavy atom. The standard InChI is InChI=1S/C11H12IN3O2/c1-8(5-14-3-2-13-7-14)15-6-9(12)4-10(15)11(16)17/h2-4,6-8H,5H2,1H3,(H,16,17). The highest BCUT2D eigenvalue weighted by atomic mass is 127. The minimum atomic E-state index is -0.898. The number of carboxylic acid groups (broad SMARTS) is 1. The summed E-state index contributed by atoms with van der Waals surface area (Å²) in [6.07, 6.45) is 7.16. The molecule has 1 unspecified atom stereocenters. The molecule has 0 aliphatic heterocycles. The molecule has 2 aromatic rings. The first kappa shape index (κ1) is 12.2. The monoisotopic (exact) mass is 345 g/mol. The van der Waals surface area contributed by atoms with Crippen molar-refractivity contribution in [2.75, 3.05) is 0 Å². The van der Waals surface area contributed by atoms with Gasteiger partial charge in [-0.05, 0) is 35.6 Å². The van der Waals surface area contributed by atoms with Crippen LogP contribution in [-0.2, 0) is 6.54 Å². The van der Waals surface area contributed by atoms with Crippen LogP contribution in [-0.4, -0.2) is 25.2 Å². The molecule has 1 N–H and O–H groups in total. The van der Waals surface area contributed by atoms with Gasteiger partial charge in [0.1, 0.15) is 5.69 Å². The van der Waals surface area contributed by atoms with Gasteiger partial charge in [0.2, 0.25) is 0 Å². The second-order valence-electron chi connectivity index (χ2n) is 3.86. The lowest BCUT2D eigenvalue weighted by Gasteiger charge is -2.16. The predicted octanol–water partition coefficient (Wildman–Crippen LogP) is 2.25. The van der Waals surface area contributed by atoms with E-state index in [4.69, 9.17) is 5.11 Å². The Hall–Kier alpha value is -1.31. The van der Waals surface area contributed by atoms with E-state index in [1.54, 1.807) is 23.2 Å². The highest BCUT2D eigenvalue weighted by Crippen LogP contribution is 2.18. The zero-order valence-electron chi connectivity index (χ0n) is 9.25. The largest absolute Gasteiger partial charge is 0.477 e. The van der Waals surface area contributed by atoms with Crippen molar-refractivity contribution in [2.24, 2.45) is 0 Å². The Labute approximate surface area is 112 Å². The van der Waals surface area contributed by atoms with Gasteiger partial charge in [-0.3, -0.25) is 0 Å². The zero-order valence-corrected chi connectivity index (χ0v) is 11.4. The molecule has 2 aromatic heterocycles. The number of aromatic carboxylic acids is 1. The van der Waals surface area contributed by atoms with Gasteiger partial charge in [-0.2, -0.15) is 0 Å². The molecule has 2 rings (SSSR count). The zero-order chi connectivity index (χ0) is 12.4. The van der Waals surface area contributed by atoms with E-state index in [9.17, 15) is 4.79 Å². The number of aromatic nitrogens is 3. The molecule has 17 heavy (non-hydrogen) atoms. The van der Waals surface area contributed by atoms with Crippen LogP contribution in [0.15, 0.2) is 31.0 Å². The van der Waals surface area contributed by atoms with Crippen molar-refractivity contribution in [3.8, 4) is 0 Å². The van der Waals surface area contributed by atoms with Gasteiger partial charge in [0, 0.05) is 34.7 Å². The van der Waals surface area contributed by atoms with Crippen molar-refractivity contribution in [2.45, 2.75) is 19.5 Å². The van der Waals surface area contributed by atoms with Crippen LogP contribution in [0.1, 0.15) is 23.5 Å². The summed E-state index contributed by atoms with van der Waals surface area (Å²) >= 11 is 2.12. The molecule has 90 valence electrons. The van der Waals surface area contributed by atoms with Gasteiger partial charge in [-0.25, -0.2) is 9.78 Å². The Kier molecular flexibility index (Phi) is 3.51. The molecular formula is C11H12IN3O2. The molecule has 5 nitrogen and oxygen atoms in total. The van der Waals surface area contributed by atoms with Crippen molar-refractivity contribution in [1.82, 2.24) is 14.1 Å². The average Bonchev–Trinajstić information content (AvgIpc) is 2.86. The minimum absolute atomic E-state index is 0.0683. The molecule has 0 aliphatic rings. The summed E-state index contributed by atoms with van der Waals surface area (Å²) in [6.45, 7) is 2.69. The number of hydrogen-bond donors (Lipinski definition) is 1. The number of hydrogen-bond acceptors (Lipinski definition) is 2. The first-order valence-corrected chi connectivity index (χ1v) is 6.22. The third kappa shape index (κ3) is 2.68. The van der Waals surface area contributed by atoms with Crippen LogP contribution in [0.5, 0.6) is 0 Å². The van der Waals surface area contributed by atoms with Crippen molar-refractivity contribution in [1.29, 1.82) is 0 Å². The van der Waals surface area contributed by atoms with Gasteiger partial charge in [0.15, 0.2) is 0 Å². The lowest BCUT2D eigenvalue weighted by molar-refractivity contribution is 0.0682. The van der Waals surface area contributed by atoms with Gasteiger partial charge in [0.25, 0.3) is 0 Å². The summed E-state index contributed by atoms with van der Waals surface area (Å²) in [6, 6.07) is 1.74. The number of carbonyl (C=O) groups is 1. The van der Waals surface area contributed by atoms with E-state index in [2.05, 4.69) is 27.6 Å². The molecule has 0 spiro atoms. The molecular weight excluding hydrogens is 333 g/mol. The second-order valence-corrected chi connectivity index (χ2v) is 5.11. The fourth-order valence-corrected chi connectivity index (χ4v) is 2.36. The maximum Gasteiger partial charge on any atom is 0.352 e. The highest BCUT2D eigenvalue weighted by molar-refractivity contribution is 14.1. The minimum Gasteiger partial charge on any atom is -0.477 e. The maximum absolute atomic E-state index is 11.1. The molecule has 1 atom stereocenters. The lowest BCUT2D eigenvalue weighted by Crippen LogP contribution is -2.16. The molecule has 0 saturated heterocycles. The van der Waals surface area contributed by atoms with Crippen LogP contribution in [0.2, 0.25) is 0 Å². The summed E-state index contributed by atoms with van der Waals surface area (Å²) in [5.41, 5.74) is 0.321. The van der Waals surface area contributed by atoms with E-state index in [0.29, 0.717) is 12.2 Å². The second kappa shape index (κ2) is 4.91. The fourth-order valence-electron chi connectivity index (χ4n) is 1.77. The maximum atomic E-state index is 11.1. The number of carboxylic acids is 1. The Balaban J connectivity index is 2.24. The fraction of sp³-hybridized carbons (Fsp3) is 0.273. The quantitative estimate of drug-likeness (QED) is 0.865. The van der Waals surface area contributed by atoms with Gasteiger partial charge < -0.3 is 14.2 Å². The SMILES string of the molecule is CC(Cn1ccnc1)n1cc(I)cc1C(=O)O. The number of imidazole rings is 1. The first-order valence-electron chi connectivity index (χ1n) is 5.14. The van der Waals surface area contributed by atoms with Gasteiger partial charge >= 0.3 is 5.97 Å². The van der Waals surface area contributed by atoms with Gasteiger partial charge in [-0.1, -0.05) is 0 Å². The van der Waals surface area contributed by atoms with Crippen LogP contribution in [0.4, 0.5) is 0 Å². The van der Waals surface area contributed by atoms with Crippen molar-refractivity contribution >= 4 is 28.6 Å². The summed E-state index contributed by atoms with van der Waals surface area (Å²) < 4.78 is 4.64. The number of halogens is 1. The molecule has 0 fully saturated rings. The summed E-state index contributed by atoms with van der Waals surface area (Å²) in [5, 5.41) is 9.11. The Bertz CT molecular complexity index is 519. The normalized spacial score (nSPS) is 12.6. The van der Waals surface area contributed by atoms with Crippen LogP contribution in [0.3, 0.4) is 0 Å². The van der Waals surface area contributed by atoms with E-state index in [-0.39, 0.29) is 6.04 Å². The summed E-state index contributed by atoms with van der Waals surface area (Å²) in [4.78, 5) is 15.1. The summed E-state index contributed by atoms with van der Waals surface area (Å²) in [5.74, 6) is -0.898. The van der Waals surface area contributed by atoms with Gasteiger partial charge in [0.05, 0.1) is 6.33 Å². The van der Waals surface area contributed by atoms with Crippen molar-refractivity contribution in [3.05, 3.63) is 40.2 Å². The highest BCUT2D eigenvalue weighted by Gasteiger charge is 2.16. The third-order valence-electron chi connectivity index (χ3n) is 2.54. The van der Waals surface area contributed by atoms with E-state index in [1.165, 1.54) is 0 Å². The summed E-state index contributed by atoms with van der Waals surface area (Å²) in [7, 11) is 0. The van der Waals surface area contributed by atoms with Crippen LogP contribution >= 0.6 is 22.6 Å². The van der Waals surface area contributed by atoms with Crippen LogP contribution in [0.25, 0.3) is 0 Å². The molecule has 0 aliphatic carbocycles. The average molecular weight is 345 g/mol. The van der Waals surface area contributed by atoms with E-state index in [0.717, 1.165) is 3.57 Å². The first-order chi connectivity index (χ1) is 8.08. The third-order valence-corrected chi connectivity index (χ3v) is 3.13. The molecule has 2 heterocycles. The molecule has 0 radical (unpaired) electrons. The molecule has 0 saturated carbocycles. The predicted molar refractivity (Wildman–Crippen MR) is 71.0 cm³/mol. The number of rotatable bonds is 4. The Morgan fingerprint density at radius 1 is 1.65 bits per heavy atom. The number of nitrogens with zero attached hydrogens (tertiary/aromatic N) is 3. The Morgan fingerprint density at radius 3 is 3.00 bits per heavy atom. The van der Waals surface area contributed by atoms with Crippen molar-refractivity contribution < 1.29 is 9.90 Å². The molecule has 0 aromatic carbocycles. The van der Waals surface area contributed by atoms with Crippen LogP contribution < -0.4 is 0 Å². The van der Waals surface area contributed by atoms with Crippen molar-refractivity contribution in [3.63, 3.8) is 0 Å². The molecule has 0 bridgehead atoms. The van der Waals surface area contributed by atoms with E-state index < -0.39 is 5.97 Å². The van der Waals surface area contributed by atoms with E-state index >= 15 is 0 Å². The topological polar surface area (TPSA) is 60.0 Å². The molecule has 0 amide bonds. The lowest BCUT2D eigenvalue weighted by atomic mass is 10.3. The van der Waals surface area contributed by atoms with E-state index in [1.807, 2.05) is 23.9 Å².